The Morgan fingerprint density at radius 1 is 0.615 bits per heavy atom. The number of rotatable bonds is 0. The molecule has 0 fully saturated rings. The molecule has 0 N–H and O–H groups in total. The smallest absolute Gasteiger partial charge is 0.418 e. The van der Waals surface area contributed by atoms with E-state index in [1.54, 1.807) is 0 Å². The third-order valence-corrected chi connectivity index (χ3v) is 1.33. The van der Waals surface area contributed by atoms with Crippen LogP contribution in [-0.2, 0) is 0 Å². The van der Waals surface area contributed by atoms with E-state index in [2.05, 4.69) is 24.3 Å². The van der Waals surface area contributed by atoms with Gasteiger partial charge in [0, 0.05) is 0 Å². The molecule has 0 heterocycles. The Bertz CT molecular complexity index is 139. The molecule has 0 aromatic heterocycles. The van der Waals surface area contributed by atoms with E-state index in [0.29, 0.717) is 0 Å². The lowest BCUT2D eigenvalue weighted by Gasteiger charge is -1.94. The summed E-state index contributed by atoms with van der Waals surface area (Å²) in [6, 6.07) is 0. The van der Waals surface area contributed by atoms with E-state index in [-0.39, 0.29) is 0 Å². The number of hydrogen-bond donors (Lipinski definition) is 0. The molecule has 0 saturated heterocycles. The minimum absolute atomic E-state index is 1.23. The molecule has 0 aromatic rings. The van der Waals surface area contributed by atoms with Gasteiger partial charge >= 0.3 is 7.25 Å². The van der Waals surface area contributed by atoms with Crippen LogP contribution in [0.15, 0.2) is 24.3 Å². The first-order valence-corrected chi connectivity index (χ1v) is 4.17. The fraction of sp³-hybridized carbons (Fsp3) is 0.500. The first kappa shape index (κ1) is 12.3. The molecule has 0 atom stereocenters. The van der Waals surface area contributed by atoms with Crippen LogP contribution in [0.25, 0.3) is 0 Å². The fourth-order valence-corrected chi connectivity index (χ4v) is 0.856. The second kappa shape index (κ2) is 6.75. The highest BCUT2D eigenvalue weighted by Crippen LogP contribution is 2.06. The molecule has 0 bridgehead atoms. The van der Waals surface area contributed by atoms with Gasteiger partial charge in [-0.3, -0.25) is 0 Å². The summed E-state index contributed by atoms with van der Waals surface area (Å²) in [6.45, 7) is 0. The zero-order valence-corrected chi connectivity index (χ0v) is 7.23. The van der Waals surface area contributed by atoms with Crippen molar-refractivity contribution in [1.82, 2.24) is 0 Å². The minimum atomic E-state index is -6.00. The van der Waals surface area contributed by atoms with E-state index >= 15 is 0 Å². The molecule has 5 heteroatoms. The standard InChI is InChI=1S/C8H12.BF4/c1-2-4-6-8-7-5-3-1;2-1(3,4)5/h1-2,7-8H,3-6H2;/q;-1. The van der Waals surface area contributed by atoms with Gasteiger partial charge in [0.05, 0.1) is 0 Å². The molecule has 0 saturated carbocycles. The quantitative estimate of drug-likeness (QED) is 0.311. The van der Waals surface area contributed by atoms with E-state index in [4.69, 9.17) is 0 Å². The molecule has 0 aliphatic heterocycles. The van der Waals surface area contributed by atoms with Gasteiger partial charge in [-0.05, 0) is 25.7 Å². The van der Waals surface area contributed by atoms with Crippen LogP contribution < -0.4 is 0 Å². The van der Waals surface area contributed by atoms with E-state index in [0.717, 1.165) is 0 Å². The molecule has 1 aliphatic carbocycles. The molecule has 0 radical (unpaired) electrons. The lowest BCUT2D eigenvalue weighted by Crippen LogP contribution is -2.02. The SMILES string of the molecule is C1=CCCC=CCC1.F[B-](F)(F)F. The highest BCUT2D eigenvalue weighted by atomic mass is 19.5. The molecular weight excluding hydrogens is 183 g/mol. The minimum Gasteiger partial charge on any atom is -0.418 e. The zero-order valence-electron chi connectivity index (χ0n) is 7.23. The van der Waals surface area contributed by atoms with Crippen LogP contribution >= 0.6 is 0 Å². The van der Waals surface area contributed by atoms with Crippen LogP contribution in [0.3, 0.4) is 0 Å². The first-order valence-electron chi connectivity index (χ1n) is 4.17. The van der Waals surface area contributed by atoms with Crippen molar-refractivity contribution < 1.29 is 17.3 Å². The average Bonchev–Trinajstić information content (AvgIpc) is 1.79. The van der Waals surface area contributed by atoms with Crippen LogP contribution in [0.5, 0.6) is 0 Å². The highest BCUT2D eigenvalue weighted by molar-refractivity contribution is 6.50. The van der Waals surface area contributed by atoms with Crippen molar-refractivity contribution in [1.29, 1.82) is 0 Å². The summed E-state index contributed by atoms with van der Waals surface area (Å²) in [6.07, 6.45) is 14.0. The van der Waals surface area contributed by atoms with Gasteiger partial charge in [0.2, 0.25) is 0 Å². The lowest BCUT2D eigenvalue weighted by atomic mass is 10.1. The zero-order chi connectivity index (χ0) is 10.2. The van der Waals surface area contributed by atoms with Crippen molar-refractivity contribution in [2.45, 2.75) is 25.7 Å². The number of hydrogen-bond acceptors (Lipinski definition) is 0. The van der Waals surface area contributed by atoms with Crippen molar-refractivity contribution >= 4 is 7.25 Å². The van der Waals surface area contributed by atoms with Crippen LogP contribution in [0.1, 0.15) is 25.7 Å². The largest absolute Gasteiger partial charge is 0.673 e. The van der Waals surface area contributed by atoms with E-state index in [1.165, 1.54) is 25.7 Å². The van der Waals surface area contributed by atoms with Crippen molar-refractivity contribution in [2.24, 2.45) is 0 Å². The first-order chi connectivity index (χ1) is 6.00. The van der Waals surface area contributed by atoms with Gasteiger partial charge in [0.1, 0.15) is 0 Å². The Labute approximate surface area is 75.4 Å². The summed E-state index contributed by atoms with van der Waals surface area (Å²) in [7, 11) is -6.00. The van der Waals surface area contributed by atoms with Gasteiger partial charge < -0.3 is 17.3 Å². The van der Waals surface area contributed by atoms with Crippen molar-refractivity contribution in [3.8, 4) is 0 Å². The maximum absolute atomic E-state index is 9.75. The lowest BCUT2D eigenvalue weighted by molar-refractivity contribution is 0.368. The predicted octanol–water partition coefficient (Wildman–Crippen LogP) is 3.97. The normalized spacial score (nSPS) is 16.9. The molecule has 1 rings (SSSR count). The second-order valence-corrected chi connectivity index (χ2v) is 2.59. The van der Waals surface area contributed by atoms with Crippen molar-refractivity contribution in [3.05, 3.63) is 24.3 Å². The number of halogens is 4. The van der Waals surface area contributed by atoms with Gasteiger partial charge in [-0.1, -0.05) is 24.3 Å². The van der Waals surface area contributed by atoms with Crippen molar-refractivity contribution in [2.75, 3.05) is 0 Å². The Morgan fingerprint density at radius 2 is 0.769 bits per heavy atom. The van der Waals surface area contributed by atoms with E-state index in [1.807, 2.05) is 0 Å². The summed E-state index contributed by atoms with van der Waals surface area (Å²) in [4.78, 5) is 0. The Balaban J connectivity index is 0.000000252. The molecule has 13 heavy (non-hydrogen) atoms. The summed E-state index contributed by atoms with van der Waals surface area (Å²) in [5, 5.41) is 0. The molecule has 0 aromatic carbocycles. The third kappa shape index (κ3) is 18.3. The van der Waals surface area contributed by atoms with Gasteiger partial charge in [-0.15, -0.1) is 0 Å². The van der Waals surface area contributed by atoms with Gasteiger partial charge in [-0.2, -0.15) is 0 Å². The average molecular weight is 195 g/mol. The van der Waals surface area contributed by atoms with Gasteiger partial charge in [0.25, 0.3) is 0 Å². The second-order valence-electron chi connectivity index (χ2n) is 2.59. The van der Waals surface area contributed by atoms with Crippen LogP contribution in [0.4, 0.5) is 17.3 Å². The monoisotopic (exact) mass is 195 g/mol. The van der Waals surface area contributed by atoms with Crippen LogP contribution in [-0.4, -0.2) is 7.25 Å². The van der Waals surface area contributed by atoms with E-state index in [9.17, 15) is 17.3 Å². The number of allylic oxidation sites excluding steroid dienone is 4. The summed E-state index contributed by atoms with van der Waals surface area (Å²) in [5.41, 5.74) is 0. The van der Waals surface area contributed by atoms with Gasteiger partial charge in [0.15, 0.2) is 0 Å². The molecule has 0 amide bonds. The Hall–Kier alpha value is -0.735. The molecule has 0 unspecified atom stereocenters. The van der Waals surface area contributed by atoms with Crippen LogP contribution in [0, 0.1) is 0 Å². The fourth-order valence-electron chi connectivity index (χ4n) is 0.856. The summed E-state index contributed by atoms with van der Waals surface area (Å²) >= 11 is 0. The van der Waals surface area contributed by atoms with E-state index < -0.39 is 7.25 Å². The Kier molecular flexibility index (Phi) is 6.36. The molecular formula is C8H12BF4-. The van der Waals surface area contributed by atoms with Gasteiger partial charge in [-0.25, -0.2) is 0 Å². The van der Waals surface area contributed by atoms with Crippen LogP contribution in [0.2, 0.25) is 0 Å². The molecule has 0 nitrogen and oxygen atoms in total. The highest BCUT2D eigenvalue weighted by Gasteiger charge is 2.20. The third-order valence-electron chi connectivity index (χ3n) is 1.33. The maximum atomic E-state index is 9.75. The topological polar surface area (TPSA) is 0 Å². The predicted molar refractivity (Wildman–Crippen MR) is 46.9 cm³/mol. The summed E-state index contributed by atoms with van der Waals surface area (Å²) in [5.74, 6) is 0. The van der Waals surface area contributed by atoms with Crippen molar-refractivity contribution in [3.63, 3.8) is 0 Å². The molecule has 1 aliphatic rings. The maximum Gasteiger partial charge on any atom is 0.673 e. The molecule has 76 valence electrons. The Morgan fingerprint density at radius 3 is 0.923 bits per heavy atom. The molecule has 0 spiro atoms. The summed E-state index contributed by atoms with van der Waals surface area (Å²) < 4.78 is 39.0.